The van der Waals surface area contributed by atoms with Gasteiger partial charge in [-0.05, 0) is 30.2 Å². The zero-order valence-corrected chi connectivity index (χ0v) is 9.71. The number of ether oxygens (including phenoxy) is 1. The molecule has 0 aliphatic rings. The number of aryl methyl sites for hydroxylation is 1. The molecule has 0 heterocycles. The Morgan fingerprint density at radius 2 is 2.00 bits per heavy atom. The molecule has 96 valence electrons. The molecule has 0 saturated heterocycles. The van der Waals surface area contributed by atoms with Gasteiger partial charge < -0.3 is 9.84 Å². The lowest BCUT2D eigenvalue weighted by Gasteiger charge is -2.15. The molecule has 1 N–H and O–H groups in total. The number of aliphatic hydroxyl groups is 1. The first-order valence-electron chi connectivity index (χ1n) is 5.21. The molecule has 1 unspecified atom stereocenters. The van der Waals surface area contributed by atoms with E-state index in [-0.39, 0.29) is 0 Å². The van der Waals surface area contributed by atoms with Crippen molar-refractivity contribution >= 4 is 0 Å². The molecule has 0 fully saturated rings. The topological polar surface area (TPSA) is 29.5 Å². The summed E-state index contributed by atoms with van der Waals surface area (Å²) in [6.45, 7) is 1.92. The normalized spacial score (nSPS) is 13.8. The van der Waals surface area contributed by atoms with E-state index in [1.807, 2.05) is 0 Å². The van der Waals surface area contributed by atoms with Gasteiger partial charge in [-0.3, -0.25) is 0 Å². The minimum Gasteiger partial charge on any atom is -0.388 e. The predicted molar refractivity (Wildman–Crippen MR) is 57.6 cm³/mol. The van der Waals surface area contributed by atoms with Crippen molar-refractivity contribution in [1.29, 1.82) is 0 Å². The fourth-order valence-electron chi connectivity index (χ4n) is 1.61. The highest BCUT2D eigenvalue weighted by atomic mass is 19.4. The van der Waals surface area contributed by atoms with Gasteiger partial charge in [-0.25, -0.2) is 0 Å². The predicted octanol–water partition coefficient (Wildman–Crippen LogP) is 3.08. The van der Waals surface area contributed by atoms with Crippen LogP contribution in [0, 0.1) is 6.92 Å². The summed E-state index contributed by atoms with van der Waals surface area (Å²) in [5.41, 5.74) is 0.246. The lowest BCUT2D eigenvalue weighted by atomic mass is 9.99. The van der Waals surface area contributed by atoms with Crippen molar-refractivity contribution in [1.82, 2.24) is 0 Å². The van der Waals surface area contributed by atoms with Gasteiger partial charge in [0.2, 0.25) is 0 Å². The molecule has 1 rings (SSSR count). The summed E-state index contributed by atoms with van der Waals surface area (Å²) in [7, 11) is 1.51. The van der Waals surface area contributed by atoms with Gasteiger partial charge in [0.05, 0.1) is 11.7 Å². The van der Waals surface area contributed by atoms with Crippen LogP contribution in [0.5, 0.6) is 0 Å². The zero-order chi connectivity index (χ0) is 13.1. The third-order valence-electron chi connectivity index (χ3n) is 2.55. The van der Waals surface area contributed by atoms with E-state index in [4.69, 9.17) is 4.74 Å². The minimum absolute atomic E-state index is 0.363. The molecular formula is C12H15F3O2. The number of rotatable bonds is 4. The van der Waals surface area contributed by atoms with Gasteiger partial charge in [-0.1, -0.05) is 6.07 Å². The number of aliphatic hydroxyl groups excluding tert-OH is 1. The van der Waals surface area contributed by atoms with Crippen molar-refractivity contribution in [2.24, 2.45) is 0 Å². The maximum Gasteiger partial charge on any atom is 0.416 e. The van der Waals surface area contributed by atoms with Crippen molar-refractivity contribution < 1.29 is 23.0 Å². The second-order valence-corrected chi connectivity index (χ2v) is 3.87. The Bertz CT molecular complexity index is 375. The Kier molecular flexibility index (Phi) is 4.54. The van der Waals surface area contributed by atoms with E-state index in [1.54, 1.807) is 6.92 Å². The van der Waals surface area contributed by atoms with E-state index < -0.39 is 17.8 Å². The molecule has 0 aliphatic heterocycles. The Morgan fingerprint density at radius 3 is 2.47 bits per heavy atom. The summed E-state index contributed by atoms with van der Waals surface area (Å²) >= 11 is 0. The van der Waals surface area contributed by atoms with Gasteiger partial charge in [-0.15, -0.1) is 0 Å². The van der Waals surface area contributed by atoms with Gasteiger partial charge in [0, 0.05) is 20.1 Å². The minimum atomic E-state index is -4.35. The van der Waals surface area contributed by atoms with E-state index in [0.29, 0.717) is 24.2 Å². The van der Waals surface area contributed by atoms with Crippen molar-refractivity contribution in [3.63, 3.8) is 0 Å². The van der Waals surface area contributed by atoms with Crippen LogP contribution in [0.4, 0.5) is 13.2 Å². The van der Waals surface area contributed by atoms with Crippen LogP contribution in [0.25, 0.3) is 0 Å². The molecule has 0 saturated carbocycles. The van der Waals surface area contributed by atoms with Gasteiger partial charge in [0.25, 0.3) is 0 Å². The first-order chi connectivity index (χ1) is 7.86. The monoisotopic (exact) mass is 248 g/mol. The van der Waals surface area contributed by atoms with E-state index in [9.17, 15) is 18.3 Å². The van der Waals surface area contributed by atoms with Crippen LogP contribution < -0.4 is 0 Å². The fraction of sp³-hybridized carbons (Fsp3) is 0.500. The number of alkyl halides is 3. The average molecular weight is 248 g/mol. The van der Waals surface area contributed by atoms with Gasteiger partial charge in [-0.2, -0.15) is 13.2 Å². The molecule has 0 radical (unpaired) electrons. The van der Waals surface area contributed by atoms with E-state index in [2.05, 4.69) is 0 Å². The molecule has 0 spiro atoms. The molecule has 17 heavy (non-hydrogen) atoms. The Balaban J connectivity index is 2.90. The molecule has 5 heteroatoms. The maximum atomic E-state index is 12.4. The molecule has 1 atom stereocenters. The van der Waals surface area contributed by atoms with E-state index >= 15 is 0 Å². The number of halogens is 3. The van der Waals surface area contributed by atoms with Crippen molar-refractivity contribution in [3.8, 4) is 0 Å². The van der Waals surface area contributed by atoms with Crippen LogP contribution in [0.15, 0.2) is 18.2 Å². The molecule has 1 aromatic carbocycles. The standard InChI is InChI=1S/C12H15F3O2/c1-8-7-9(12(13,14)15)3-4-10(8)11(16)5-6-17-2/h3-4,7,11,16H,5-6H2,1-2H3. The third-order valence-corrected chi connectivity index (χ3v) is 2.55. The third kappa shape index (κ3) is 3.71. The van der Waals surface area contributed by atoms with Crippen LogP contribution in [-0.4, -0.2) is 18.8 Å². The highest BCUT2D eigenvalue weighted by Gasteiger charge is 2.30. The van der Waals surface area contributed by atoms with Gasteiger partial charge in [0.1, 0.15) is 0 Å². The average Bonchev–Trinajstić information content (AvgIpc) is 2.24. The van der Waals surface area contributed by atoms with Gasteiger partial charge >= 0.3 is 6.18 Å². The molecule has 0 bridgehead atoms. The summed E-state index contributed by atoms with van der Waals surface area (Å²) in [4.78, 5) is 0. The smallest absolute Gasteiger partial charge is 0.388 e. The van der Waals surface area contributed by atoms with Crippen LogP contribution in [0.2, 0.25) is 0 Å². The van der Waals surface area contributed by atoms with E-state index in [0.717, 1.165) is 12.1 Å². The van der Waals surface area contributed by atoms with Crippen LogP contribution >= 0.6 is 0 Å². The van der Waals surface area contributed by atoms with Crippen molar-refractivity contribution in [3.05, 3.63) is 34.9 Å². The lowest BCUT2D eigenvalue weighted by molar-refractivity contribution is -0.137. The second-order valence-electron chi connectivity index (χ2n) is 3.87. The molecule has 2 nitrogen and oxygen atoms in total. The number of benzene rings is 1. The largest absolute Gasteiger partial charge is 0.416 e. The van der Waals surface area contributed by atoms with E-state index in [1.165, 1.54) is 13.2 Å². The van der Waals surface area contributed by atoms with Crippen molar-refractivity contribution in [2.45, 2.75) is 25.6 Å². The number of hydrogen-bond donors (Lipinski definition) is 1. The highest BCUT2D eigenvalue weighted by Crippen LogP contribution is 2.32. The van der Waals surface area contributed by atoms with Crippen LogP contribution in [0.3, 0.4) is 0 Å². The van der Waals surface area contributed by atoms with Crippen molar-refractivity contribution in [2.75, 3.05) is 13.7 Å². The fourth-order valence-corrected chi connectivity index (χ4v) is 1.61. The second kappa shape index (κ2) is 5.51. The molecule has 0 amide bonds. The Hall–Kier alpha value is -1.07. The SMILES string of the molecule is COCCC(O)c1ccc(C(F)(F)F)cc1C. The molecular weight excluding hydrogens is 233 g/mol. The summed E-state index contributed by atoms with van der Waals surface area (Å²) in [6.07, 6.45) is -4.78. The Morgan fingerprint density at radius 1 is 1.35 bits per heavy atom. The van der Waals surface area contributed by atoms with Crippen LogP contribution in [-0.2, 0) is 10.9 Å². The number of hydrogen-bond acceptors (Lipinski definition) is 2. The molecule has 0 aromatic heterocycles. The summed E-state index contributed by atoms with van der Waals surface area (Å²) in [6, 6.07) is 3.35. The summed E-state index contributed by atoms with van der Waals surface area (Å²) < 4.78 is 42.1. The summed E-state index contributed by atoms with van der Waals surface area (Å²) in [5.74, 6) is 0. The highest BCUT2D eigenvalue weighted by molar-refractivity contribution is 5.33. The summed E-state index contributed by atoms with van der Waals surface area (Å²) in [5, 5.41) is 9.76. The van der Waals surface area contributed by atoms with Crippen LogP contribution in [0.1, 0.15) is 29.2 Å². The van der Waals surface area contributed by atoms with Gasteiger partial charge in [0.15, 0.2) is 0 Å². The first-order valence-corrected chi connectivity index (χ1v) is 5.21. The maximum absolute atomic E-state index is 12.4. The number of methoxy groups -OCH3 is 1. The molecule has 0 aliphatic carbocycles. The lowest BCUT2D eigenvalue weighted by Crippen LogP contribution is -2.08. The quantitative estimate of drug-likeness (QED) is 0.887. The zero-order valence-electron chi connectivity index (χ0n) is 9.71. The Labute approximate surface area is 98.0 Å². The first kappa shape index (κ1) is 14.0. The molecule has 1 aromatic rings.